The van der Waals surface area contributed by atoms with E-state index in [0.717, 1.165) is 0 Å². The van der Waals surface area contributed by atoms with Gasteiger partial charge in [-0.1, -0.05) is 6.08 Å². The van der Waals surface area contributed by atoms with Crippen molar-refractivity contribution in [2.45, 2.75) is 38.0 Å². The van der Waals surface area contributed by atoms with Gasteiger partial charge in [0.2, 0.25) is 0 Å². The molecule has 1 aromatic rings. The second kappa shape index (κ2) is 6.20. The molecule has 1 aliphatic carbocycles. The lowest BCUT2D eigenvalue weighted by atomic mass is 10.0. The van der Waals surface area contributed by atoms with Gasteiger partial charge in [0.15, 0.2) is 5.69 Å². The maximum absolute atomic E-state index is 14.1. The Morgan fingerprint density at radius 1 is 1.52 bits per heavy atom. The second-order valence-electron chi connectivity index (χ2n) is 4.98. The minimum absolute atomic E-state index is 0.266. The minimum atomic E-state index is -3.23. The largest absolute Gasteiger partial charge is 0.501 e. The second-order valence-corrected chi connectivity index (χ2v) is 4.98. The Morgan fingerprint density at radius 2 is 2.29 bits per heavy atom. The van der Waals surface area contributed by atoms with E-state index in [2.05, 4.69) is 16.5 Å². The van der Waals surface area contributed by atoms with Crippen LogP contribution in [0.5, 0.6) is 0 Å². The standard InChI is InChI=1S/C15H18F2N2O2/c1-3-4-5-8-15(16,17)13-14(20)19-12-9-10(21-2)6-7-11(12)18-13/h3,9H,1,4-8H2,2H3,(H,19,20). The molecule has 0 radical (unpaired) electrons. The number of hydrogen-bond donors (Lipinski definition) is 1. The van der Waals surface area contributed by atoms with E-state index >= 15 is 0 Å². The molecule has 6 heteroatoms. The van der Waals surface area contributed by atoms with Crippen LogP contribution in [-0.4, -0.2) is 17.1 Å². The van der Waals surface area contributed by atoms with Crippen molar-refractivity contribution in [2.24, 2.45) is 0 Å². The quantitative estimate of drug-likeness (QED) is 0.648. The number of methoxy groups -OCH3 is 1. The summed E-state index contributed by atoms with van der Waals surface area (Å²) in [4.78, 5) is 18.3. The van der Waals surface area contributed by atoms with Gasteiger partial charge in [0, 0.05) is 18.9 Å². The number of rotatable bonds is 6. The molecule has 0 saturated carbocycles. The number of nitrogens with one attached hydrogen (secondary N) is 1. The first kappa shape index (κ1) is 15.4. The van der Waals surface area contributed by atoms with Gasteiger partial charge in [0.25, 0.3) is 11.5 Å². The van der Waals surface area contributed by atoms with Crippen LogP contribution >= 0.6 is 0 Å². The monoisotopic (exact) mass is 296 g/mol. The van der Waals surface area contributed by atoms with Gasteiger partial charge >= 0.3 is 0 Å². The Balaban J connectivity index is 2.33. The van der Waals surface area contributed by atoms with Crippen LogP contribution < -0.4 is 5.56 Å². The third-order valence-electron chi connectivity index (χ3n) is 3.44. The van der Waals surface area contributed by atoms with Crippen molar-refractivity contribution < 1.29 is 13.5 Å². The van der Waals surface area contributed by atoms with Crippen LogP contribution in [0.4, 0.5) is 8.78 Å². The topological polar surface area (TPSA) is 55.0 Å². The zero-order chi connectivity index (χ0) is 15.5. The number of allylic oxidation sites excluding steroid dienone is 2. The highest BCUT2D eigenvalue weighted by atomic mass is 19.3. The fraction of sp³-hybridized carbons (Fsp3) is 0.467. The van der Waals surface area contributed by atoms with Crippen LogP contribution in [0.25, 0.3) is 6.08 Å². The Kier molecular flexibility index (Phi) is 4.55. The number of halogens is 2. The summed E-state index contributed by atoms with van der Waals surface area (Å²) >= 11 is 0. The average Bonchev–Trinajstić information content (AvgIpc) is 2.45. The van der Waals surface area contributed by atoms with Crippen molar-refractivity contribution in [3.8, 4) is 0 Å². The lowest BCUT2D eigenvalue weighted by molar-refractivity contribution is -0.0211. The van der Waals surface area contributed by atoms with Gasteiger partial charge in [-0.15, -0.1) is 6.58 Å². The Labute approximate surface area is 121 Å². The number of nitrogens with zero attached hydrogens (tertiary/aromatic N) is 1. The summed E-state index contributed by atoms with van der Waals surface area (Å²) in [5.74, 6) is -2.53. The predicted octanol–water partition coefficient (Wildman–Crippen LogP) is 3.15. The summed E-state index contributed by atoms with van der Waals surface area (Å²) in [5, 5.41) is 0. The first-order valence-electron chi connectivity index (χ1n) is 6.85. The van der Waals surface area contributed by atoms with Gasteiger partial charge in [-0.2, -0.15) is 8.78 Å². The van der Waals surface area contributed by atoms with E-state index in [1.807, 2.05) is 0 Å². The molecule has 0 atom stereocenters. The van der Waals surface area contributed by atoms with E-state index in [4.69, 9.17) is 4.74 Å². The zero-order valence-electron chi connectivity index (χ0n) is 11.9. The predicted molar refractivity (Wildman–Crippen MR) is 76.1 cm³/mol. The van der Waals surface area contributed by atoms with Crippen LogP contribution in [0.1, 0.15) is 42.8 Å². The Bertz CT molecular complexity index is 621. The van der Waals surface area contributed by atoms with Gasteiger partial charge in [-0.05, 0) is 19.3 Å². The fourth-order valence-electron chi connectivity index (χ4n) is 2.28. The van der Waals surface area contributed by atoms with E-state index in [0.29, 0.717) is 36.4 Å². The van der Waals surface area contributed by atoms with Crippen molar-refractivity contribution in [3.05, 3.63) is 45.8 Å². The molecule has 4 nitrogen and oxygen atoms in total. The summed E-state index contributed by atoms with van der Waals surface area (Å²) in [6.45, 7) is 3.50. The lowest BCUT2D eigenvalue weighted by Gasteiger charge is -2.19. The first-order valence-corrected chi connectivity index (χ1v) is 6.85. The zero-order valence-corrected chi connectivity index (χ0v) is 11.9. The van der Waals surface area contributed by atoms with Crippen LogP contribution in [0.2, 0.25) is 0 Å². The summed E-state index contributed by atoms with van der Waals surface area (Å²) in [7, 11) is 1.53. The average molecular weight is 296 g/mol. The van der Waals surface area contributed by atoms with Crippen molar-refractivity contribution in [1.29, 1.82) is 0 Å². The normalized spacial score (nSPS) is 14.3. The molecule has 0 amide bonds. The van der Waals surface area contributed by atoms with Crippen LogP contribution in [0, 0.1) is 0 Å². The summed E-state index contributed by atoms with van der Waals surface area (Å²) < 4.78 is 33.3. The van der Waals surface area contributed by atoms with E-state index in [9.17, 15) is 13.6 Å². The molecule has 0 aliphatic heterocycles. The molecule has 2 rings (SSSR count). The smallest absolute Gasteiger partial charge is 0.295 e. The van der Waals surface area contributed by atoms with Gasteiger partial charge in [0.05, 0.1) is 24.3 Å². The number of fused-ring (bicyclic) bond motifs is 1. The van der Waals surface area contributed by atoms with Gasteiger partial charge in [-0.25, -0.2) is 4.98 Å². The molecule has 0 saturated heterocycles. The Morgan fingerprint density at radius 3 is 2.95 bits per heavy atom. The van der Waals surface area contributed by atoms with Gasteiger partial charge in [-0.3, -0.25) is 4.79 Å². The molecule has 1 aliphatic rings. The highest BCUT2D eigenvalue weighted by Crippen LogP contribution is 2.31. The molecule has 1 aromatic heterocycles. The van der Waals surface area contributed by atoms with E-state index in [1.54, 1.807) is 12.2 Å². The maximum Gasteiger partial charge on any atom is 0.295 e. The molecule has 0 bridgehead atoms. The van der Waals surface area contributed by atoms with E-state index in [-0.39, 0.29) is 6.42 Å². The summed E-state index contributed by atoms with van der Waals surface area (Å²) in [6, 6.07) is 0. The molecule has 0 aromatic carbocycles. The van der Waals surface area contributed by atoms with Crippen molar-refractivity contribution >= 4 is 6.08 Å². The van der Waals surface area contributed by atoms with E-state index < -0.39 is 23.6 Å². The number of unbranched alkanes of at least 4 members (excludes halogenated alkanes) is 1. The van der Waals surface area contributed by atoms with Gasteiger partial charge in [0.1, 0.15) is 0 Å². The van der Waals surface area contributed by atoms with Gasteiger partial charge < -0.3 is 9.72 Å². The number of aryl methyl sites for hydroxylation is 1. The summed E-state index contributed by atoms with van der Waals surface area (Å²) in [6.07, 6.45) is 4.62. The van der Waals surface area contributed by atoms with Crippen molar-refractivity contribution in [3.63, 3.8) is 0 Å². The number of aromatic amines is 1. The highest BCUT2D eigenvalue weighted by Gasteiger charge is 2.36. The number of H-pyrrole nitrogens is 1. The molecular weight excluding hydrogens is 278 g/mol. The first-order chi connectivity index (χ1) is 9.97. The number of hydrogen-bond acceptors (Lipinski definition) is 3. The number of alkyl halides is 2. The molecular formula is C15H18F2N2O2. The molecule has 21 heavy (non-hydrogen) atoms. The highest BCUT2D eigenvalue weighted by molar-refractivity contribution is 5.52. The molecule has 0 fully saturated rings. The van der Waals surface area contributed by atoms with Crippen molar-refractivity contribution in [2.75, 3.05) is 7.11 Å². The Hall–Kier alpha value is -1.98. The molecule has 0 spiro atoms. The van der Waals surface area contributed by atoms with Crippen LogP contribution in [0.3, 0.4) is 0 Å². The van der Waals surface area contributed by atoms with Crippen molar-refractivity contribution in [1.82, 2.24) is 9.97 Å². The number of ether oxygens (including phenoxy) is 1. The minimum Gasteiger partial charge on any atom is -0.501 e. The SMILES string of the molecule is C=CCCCC(F)(F)c1nc2c([nH]c1=O)C=C(OC)CC2. The number of aromatic nitrogens is 2. The molecule has 0 unspecified atom stereocenters. The molecule has 1 N–H and O–H groups in total. The third-order valence-corrected chi connectivity index (χ3v) is 3.44. The van der Waals surface area contributed by atoms with E-state index in [1.165, 1.54) is 7.11 Å². The maximum atomic E-state index is 14.1. The molecule has 1 heterocycles. The van der Waals surface area contributed by atoms with Crippen LogP contribution in [0.15, 0.2) is 23.2 Å². The van der Waals surface area contributed by atoms with Crippen LogP contribution in [-0.2, 0) is 17.1 Å². The fourth-order valence-corrected chi connectivity index (χ4v) is 2.28. The molecule has 114 valence electrons. The summed E-state index contributed by atoms with van der Waals surface area (Å²) in [5.41, 5.74) is -0.604. The third kappa shape index (κ3) is 3.37. The lowest BCUT2D eigenvalue weighted by Crippen LogP contribution is -2.29.